The zero-order valence-corrected chi connectivity index (χ0v) is 13.0. The molecule has 2 aromatic carbocycles. The molecule has 0 saturated heterocycles. The minimum atomic E-state index is -0.668. The first-order chi connectivity index (χ1) is 11.6. The lowest BCUT2D eigenvalue weighted by atomic mass is 10.1. The van der Waals surface area contributed by atoms with Crippen LogP contribution in [0.15, 0.2) is 60.7 Å². The molecule has 1 heterocycles. The highest BCUT2D eigenvalue weighted by molar-refractivity contribution is 5.99. The normalized spacial score (nSPS) is 10.4. The van der Waals surface area contributed by atoms with E-state index in [0.29, 0.717) is 11.3 Å². The molecule has 0 aliphatic rings. The number of para-hydroxylation sites is 1. The van der Waals surface area contributed by atoms with Crippen LogP contribution in [0.5, 0.6) is 0 Å². The average molecular weight is 321 g/mol. The Hall–Kier alpha value is -3.28. The first kappa shape index (κ1) is 15.6. The van der Waals surface area contributed by atoms with Crippen LogP contribution in [0, 0.1) is 6.92 Å². The molecule has 3 aromatic rings. The van der Waals surface area contributed by atoms with Gasteiger partial charge in [0.05, 0.1) is 11.4 Å². The number of ether oxygens (including phenoxy) is 1. The van der Waals surface area contributed by atoms with Crippen molar-refractivity contribution in [2.24, 2.45) is 0 Å². The molecule has 0 saturated carbocycles. The third-order valence-electron chi connectivity index (χ3n) is 3.39. The molecule has 0 atom stereocenters. The van der Waals surface area contributed by atoms with Gasteiger partial charge in [-0.05, 0) is 19.1 Å². The summed E-state index contributed by atoms with van der Waals surface area (Å²) in [6.07, 6.45) is 0. The van der Waals surface area contributed by atoms with Crippen molar-refractivity contribution in [3.63, 3.8) is 0 Å². The number of hydrogen-bond acceptors (Lipinski definition) is 5. The van der Waals surface area contributed by atoms with E-state index in [4.69, 9.17) is 4.74 Å². The van der Waals surface area contributed by atoms with Crippen LogP contribution in [-0.4, -0.2) is 33.4 Å². The van der Waals surface area contributed by atoms with E-state index in [2.05, 4.69) is 10.2 Å². The van der Waals surface area contributed by atoms with E-state index in [1.165, 1.54) is 4.80 Å². The third-order valence-corrected chi connectivity index (χ3v) is 3.39. The number of hydrogen-bond donors (Lipinski definition) is 0. The van der Waals surface area contributed by atoms with Gasteiger partial charge in [0, 0.05) is 5.56 Å². The smallest absolute Gasteiger partial charge is 0.361 e. The number of aromatic nitrogens is 3. The summed E-state index contributed by atoms with van der Waals surface area (Å²) < 4.78 is 5.07. The van der Waals surface area contributed by atoms with Crippen molar-refractivity contribution in [1.29, 1.82) is 0 Å². The number of aryl methyl sites for hydroxylation is 1. The lowest BCUT2D eigenvalue weighted by molar-refractivity contribution is 0.0467. The standard InChI is InChI=1S/C18H15N3O3/c1-13-17(20-21(19-13)15-10-6-3-7-11-15)18(23)24-12-16(22)14-8-4-2-5-9-14/h2-11H,12H2,1H3. The first-order valence-electron chi connectivity index (χ1n) is 7.40. The highest BCUT2D eigenvalue weighted by Gasteiger charge is 2.19. The van der Waals surface area contributed by atoms with Crippen molar-refractivity contribution < 1.29 is 14.3 Å². The van der Waals surface area contributed by atoms with Gasteiger partial charge in [-0.1, -0.05) is 48.5 Å². The van der Waals surface area contributed by atoms with Crippen LogP contribution in [0.4, 0.5) is 0 Å². The van der Waals surface area contributed by atoms with Crippen LogP contribution in [-0.2, 0) is 4.74 Å². The number of carbonyl (C=O) groups excluding carboxylic acids is 2. The molecule has 0 radical (unpaired) electrons. The average Bonchev–Trinajstić information content (AvgIpc) is 3.03. The third kappa shape index (κ3) is 3.38. The molecule has 0 aliphatic heterocycles. The lowest BCUT2D eigenvalue weighted by Gasteiger charge is -2.02. The van der Waals surface area contributed by atoms with Gasteiger partial charge in [-0.15, -0.1) is 5.10 Å². The molecule has 6 heteroatoms. The molecule has 24 heavy (non-hydrogen) atoms. The summed E-state index contributed by atoms with van der Waals surface area (Å²) >= 11 is 0. The van der Waals surface area contributed by atoms with Crippen molar-refractivity contribution in [2.75, 3.05) is 6.61 Å². The molecule has 0 fully saturated rings. The molecule has 0 spiro atoms. The highest BCUT2D eigenvalue weighted by Crippen LogP contribution is 2.09. The van der Waals surface area contributed by atoms with Gasteiger partial charge in [0.25, 0.3) is 0 Å². The van der Waals surface area contributed by atoms with Crippen molar-refractivity contribution in [3.8, 4) is 5.69 Å². The topological polar surface area (TPSA) is 74.1 Å². The minimum Gasteiger partial charge on any atom is -0.452 e. The van der Waals surface area contributed by atoms with Gasteiger partial charge in [0.1, 0.15) is 0 Å². The summed E-state index contributed by atoms with van der Waals surface area (Å²) in [4.78, 5) is 25.5. The van der Waals surface area contributed by atoms with Crippen LogP contribution in [0.1, 0.15) is 26.5 Å². The molecule has 1 aromatic heterocycles. The summed E-state index contributed by atoms with van der Waals surface area (Å²) in [6, 6.07) is 17.9. The Kier molecular flexibility index (Phi) is 4.47. The fourth-order valence-corrected chi connectivity index (χ4v) is 2.15. The van der Waals surface area contributed by atoms with Crippen LogP contribution in [0.3, 0.4) is 0 Å². The summed E-state index contributed by atoms with van der Waals surface area (Å²) in [5.41, 5.74) is 1.77. The van der Waals surface area contributed by atoms with E-state index < -0.39 is 5.97 Å². The van der Waals surface area contributed by atoms with Gasteiger partial charge in [-0.25, -0.2) is 4.79 Å². The van der Waals surface area contributed by atoms with Gasteiger partial charge in [-0.3, -0.25) is 4.79 Å². The number of esters is 1. The molecule has 6 nitrogen and oxygen atoms in total. The zero-order valence-electron chi connectivity index (χ0n) is 13.0. The SMILES string of the molecule is Cc1nn(-c2ccccc2)nc1C(=O)OCC(=O)c1ccccc1. The Balaban J connectivity index is 1.70. The van der Waals surface area contributed by atoms with Gasteiger partial charge in [0.2, 0.25) is 0 Å². The van der Waals surface area contributed by atoms with Crippen molar-refractivity contribution in [2.45, 2.75) is 6.92 Å². The van der Waals surface area contributed by atoms with E-state index in [1.54, 1.807) is 31.2 Å². The highest BCUT2D eigenvalue weighted by atomic mass is 16.5. The van der Waals surface area contributed by atoms with Gasteiger partial charge in [-0.2, -0.15) is 9.90 Å². The predicted molar refractivity (Wildman–Crippen MR) is 87.2 cm³/mol. The zero-order chi connectivity index (χ0) is 16.9. The number of carbonyl (C=O) groups is 2. The molecule has 0 aliphatic carbocycles. The van der Waals surface area contributed by atoms with Crippen LogP contribution in [0.2, 0.25) is 0 Å². The summed E-state index contributed by atoms with van der Waals surface area (Å²) in [5, 5.41) is 8.36. The van der Waals surface area contributed by atoms with Crippen LogP contribution < -0.4 is 0 Å². The second kappa shape index (κ2) is 6.87. The second-order valence-electron chi connectivity index (χ2n) is 5.12. The molecule has 0 bridgehead atoms. The number of Topliss-reactive ketones (excluding diaryl/α,β-unsaturated/α-hetero) is 1. The number of benzene rings is 2. The Labute approximate surface area is 138 Å². The second-order valence-corrected chi connectivity index (χ2v) is 5.12. The Morgan fingerprint density at radius 2 is 1.58 bits per heavy atom. The minimum absolute atomic E-state index is 0.0970. The quantitative estimate of drug-likeness (QED) is 0.533. The van der Waals surface area contributed by atoms with Gasteiger partial charge < -0.3 is 4.74 Å². The molecular weight excluding hydrogens is 306 g/mol. The molecule has 0 amide bonds. The van der Waals surface area contributed by atoms with Crippen LogP contribution >= 0.6 is 0 Å². The Bertz CT molecular complexity index is 858. The van der Waals surface area contributed by atoms with E-state index in [1.807, 2.05) is 36.4 Å². The maximum absolute atomic E-state index is 12.2. The molecule has 3 rings (SSSR count). The molecule has 120 valence electrons. The first-order valence-corrected chi connectivity index (χ1v) is 7.40. The Morgan fingerprint density at radius 3 is 2.25 bits per heavy atom. The summed E-state index contributed by atoms with van der Waals surface area (Å²) in [5.74, 6) is -0.934. The van der Waals surface area contributed by atoms with Gasteiger partial charge >= 0.3 is 5.97 Å². The number of ketones is 1. The maximum atomic E-state index is 12.2. The maximum Gasteiger partial charge on any atom is 0.361 e. The number of nitrogens with zero attached hydrogens (tertiary/aromatic N) is 3. The summed E-state index contributed by atoms with van der Waals surface area (Å²) in [7, 11) is 0. The summed E-state index contributed by atoms with van der Waals surface area (Å²) in [6.45, 7) is 1.34. The number of rotatable bonds is 5. The largest absolute Gasteiger partial charge is 0.452 e. The van der Waals surface area contributed by atoms with E-state index in [-0.39, 0.29) is 18.1 Å². The van der Waals surface area contributed by atoms with Crippen molar-refractivity contribution in [3.05, 3.63) is 77.6 Å². The van der Waals surface area contributed by atoms with Crippen molar-refractivity contribution >= 4 is 11.8 Å². The van der Waals surface area contributed by atoms with E-state index in [0.717, 1.165) is 5.69 Å². The van der Waals surface area contributed by atoms with Gasteiger partial charge in [0.15, 0.2) is 18.1 Å². The van der Waals surface area contributed by atoms with Crippen molar-refractivity contribution in [1.82, 2.24) is 15.0 Å². The lowest BCUT2D eigenvalue weighted by Crippen LogP contribution is -2.15. The van der Waals surface area contributed by atoms with E-state index in [9.17, 15) is 9.59 Å². The van der Waals surface area contributed by atoms with E-state index >= 15 is 0 Å². The Morgan fingerprint density at radius 1 is 0.958 bits per heavy atom. The fraction of sp³-hybridized carbons (Fsp3) is 0.111. The molecular formula is C18H15N3O3. The molecule has 0 unspecified atom stereocenters. The molecule has 0 N–H and O–H groups in total. The fourth-order valence-electron chi connectivity index (χ4n) is 2.15. The monoisotopic (exact) mass is 321 g/mol. The predicted octanol–water partition coefficient (Wildman–Crippen LogP) is 2.62. The van der Waals surface area contributed by atoms with Crippen LogP contribution in [0.25, 0.3) is 5.69 Å².